The second-order valence-electron chi connectivity index (χ2n) is 7.30. The standard InChI is InChI=1S/C25H17N3O3/c29-25-23-11-4-3-10-22(23)24(16-18-8-5-7-17-6-1-2-9-21(17)18)26-27(25)19-12-14-20(15-13-19)28(30)31/h1-15H,16H2. The lowest BCUT2D eigenvalue weighted by atomic mass is 9.99. The van der Waals surface area contributed by atoms with Gasteiger partial charge in [0.1, 0.15) is 0 Å². The highest BCUT2D eigenvalue weighted by molar-refractivity contribution is 5.88. The van der Waals surface area contributed by atoms with Crippen LogP contribution in [0.25, 0.3) is 27.2 Å². The molecule has 4 aromatic carbocycles. The van der Waals surface area contributed by atoms with Gasteiger partial charge in [0, 0.05) is 23.9 Å². The zero-order chi connectivity index (χ0) is 21.4. The zero-order valence-electron chi connectivity index (χ0n) is 16.4. The van der Waals surface area contributed by atoms with Gasteiger partial charge in [0.25, 0.3) is 11.2 Å². The second-order valence-corrected chi connectivity index (χ2v) is 7.30. The molecule has 0 fully saturated rings. The summed E-state index contributed by atoms with van der Waals surface area (Å²) < 4.78 is 1.33. The van der Waals surface area contributed by atoms with Crippen molar-refractivity contribution in [3.8, 4) is 5.69 Å². The maximum Gasteiger partial charge on any atom is 0.279 e. The molecule has 0 aliphatic carbocycles. The number of aromatic nitrogens is 2. The highest BCUT2D eigenvalue weighted by Gasteiger charge is 2.14. The van der Waals surface area contributed by atoms with Crippen molar-refractivity contribution in [1.82, 2.24) is 9.78 Å². The summed E-state index contributed by atoms with van der Waals surface area (Å²) in [5, 5.41) is 19.3. The fourth-order valence-corrected chi connectivity index (χ4v) is 3.90. The maximum atomic E-state index is 13.1. The van der Waals surface area contributed by atoms with E-state index < -0.39 is 4.92 Å². The van der Waals surface area contributed by atoms with E-state index in [9.17, 15) is 14.9 Å². The van der Waals surface area contributed by atoms with E-state index in [1.807, 2.05) is 36.4 Å². The normalized spacial score (nSPS) is 11.1. The van der Waals surface area contributed by atoms with Gasteiger partial charge in [-0.1, -0.05) is 60.7 Å². The molecular formula is C25H17N3O3. The van der Waals surface area contributed by atoms with Crippen LogP contribution in [0.2, 0.25) is 0 Å². The van der Waals surface area contributed by atoms with E-state index in [0.717, 1.165) is 27.4 Å². The Morgan fingerprint density at radius 1 is 0.774 bits per heavy atom. The first kappa shape index (κ1) is 18.7. The minimum absolute atomic E-state index is 0.0337. The Morgan fingerprint density at radius 3 is 2.16 bits per heavy atom. The Kier molecular flexibility index (Phi) is 4.52. The van der Waals surface area contributed by atoms with Gasteiger partial charge in [0.05, 0.1) is 21.7 Å². The summed E-state index contributed by atoms with van der Waals surface area (Å²) in [5.74, 6) is 0. The van der Waals surface area contributed by atoms with Crippen LogP contribution >= 0.6 is 0 Å². The van der Waals surface area contributed by atoms with Gasteiger partial charge in [0.15, 0.2) is 0 Å². The summed E-state index contributed by atoms with van der Waals surface area (Å²) in [6.45, 7) is 0. The molecule has 0 unspecified atom stereocenters. The molecule has 6 nitrogen and oxygen atoms in total. The molecule has 0 spiro atoms. The van der Waals surface area contributed by atoms with Crippen LogP contribution < -0.4 is 5.56 Å². The lowest BCUT2D eigenvalue weighted by molar-refractivity contribution is -0.384. The number of nitro benzene ring substituents is 1. The first-order chi connectivity index (χ1) is 15.1. The van der Waals surface area contributed by atoms with Crippen LogP contribution in [0.15, 0.2) is 95.8 Å². The molecule has 0 radical (unpaired) electrons. The first-order valence-corrected chi connectivity index (χ1v) is 9.84. The largest absolute Gasteiger partial charge is 0.279 e. The van der Waals surface area contributed by atoms with Gasteiger partial charge < -0.3 is 0 Å². The Hall–Kier alpha value is -4.32. The van der Waals surface area contributed by atoms with Crippen LogP contribution in [-0.4, -0.2) is 14.7 Å². The van der Waals surface area contributed by atoms with Gasteiger partial charge in [-0.25, -0.2) is 0 Å². The van der Waals surface area contributed by atoms with Crippen molar-refractivity contribution >= 4 is 27.2 Å². The second kappa shape index (κ2) is 7.50. The van der Waals surface area contributed by atoms with E-state index in [4.69, 9.17) is 0 Å². The summed E-state index contributed by atoms with van der Waals surface area (Å²) in [6, 6.07) is 27.6. The molecular weight excluding hydrogens is 390 g/mol. The average Bonchev–Trinajstić information content (AvgIpc) is 2.81. The van der Waals surface area contributed by atoms with Crippen molar-refractivity contribution in [2.75, 3.05) is 0 Å². The Balaban J connectivity index is 1.70. The van der Waals surface area contributed by atoms with E-state index in [0.29, 0.717) is 17.5 Å². The van der Waals surface area contributed by atoms with Crippen LogP contribution in [0.1, 0.15) is 11.3 Å². The number of rotatable bonds is 4. The van der Waals surface area contributed by atoms with Crippen molar-refractivity contribution in [2.24, 2.45) is 0 Å². The summed E-state index contributed by atoms with van der Waals surface area (Å²) in [6.07, 6.45) is 0.551. The van der Waals surface area contributed by atoms with Crippen molar-refractivity contribution in [2.45, 2.75) is 6.42 Å². The Labute approximate surface area is 177 Å². The van der Waals surface area contributed by atoms with Crippen LogP contribution in [-0.2, 0) is 6.42 Å². The topological polar surface area (TPSA) is 78.0 Å². The predicted octanol–water partition coefficient (Wildman–Crippen LogP) is 5.04. The van der Waals surface area contributed by atoms with Crippen molar-refractivity contribution in [1.29, 1.82) is 0 Å². The molecule has 0 bridgehead atoms. The van der Waals surface area contributed by atoms with Gasteiger partial charge >= 0.3 is 0 Å². The van der Waals surface area contributed by atoms with Crippen LogP contribution in [0.5, 0.6) is 0 Å². The number of hydrogen-bond acceptors (Lipinski definition) is 4. The van der Waals surface area contributed by atoms with Gasteiger partial charge in [-0.3, -0.25) is 14.9 Å². The first-order valence-electron chi connectivity index (χ1n) is 9.84. The van der Waals surface area contributed by atoms with Gasteiger partial charge in [-0.15, -0.1) is 0 Å². The van der Waals surface area contributed by atoms with E-state index >= 15 is 0 Å². The van der Waals surface area contributed by atoms with Crippen molar-refractivity contribution in [3.05, 3.63) is 123 Å². The van der Waals surface area contributed by atoms with Gasteiger partial charge in [0.2, 0.25) is 0 Å². The number of hydrogen-bond donors (Lipinski definition) is 0. The van der Waals surface area contributed by atoms with Crippen LogP contribution in [0.3, 0.4) is 0 Å². The third-order valence-electron chi connectivity index (χ3n) is 5.42. The molecule has 0 saturated heterocycles. The summed E-state index contributed by atoms with van der Waals surface area (Å²) in [5.41, 5.74) is 2.08. The third kappa shape index (κ3) is 3.34. The molecule has 0 saturated carbocycles. The Bertz CT molecular complexity index is 1500. The molecule has 0 N–H and O–H groups in total. The van der Waals surface area contributed by atoms with E-state index in [1.165, 1.54) is 16.8 Å². The molecule has 1 heterocycles. The predicted molar refractivity (Wildman–Crippen MR) is 121 cm³/mol. The van der Waals surface area contributed by atoms with E-state index in [1.54, 1.807) is 18.2 Å². The highest BCUT2D eigenvalue weighted by atomic mass is 16.6. The summed E-state index contributed by atoms with van der Waals surface area (Å²) >= 11 is 0. The Morgan fingerprint density at radius 2 is 1.42 bits per heavy atom. The SMILES string of the molecule is O=c1c2ccccc2c(Cc2cccc3ccccc23)nn1-c1ccc([N+](=O)[O-])cc1. The number of nitrogens with zero attached hydrogens (tertiary/aromatic N) is 3. The molecule has 0 aliphatic heterocycles. The minimum atomic E-state index is -0.466. The highest BCUT2D eigenvalue weighted by Crippen LogP contribution is 2.24. The molecule has 5 aromatic rings. The van der Waals surface area contributed by atoms with Crippen LogP contribution in [0, 0.1) is 10.1 Å². The molecule has 0 atom stereocenters. The third-order valence-corrected chi connectivity index (χ3v) is 5.42. The van der Waals surface area contributed by atoms with E-state index in [2.05, 4.69) is 29.4 Å². The molecule has 1 aromatic heterocycles. The average molecular weight is 407 g/mol. The number of fused-ring (bicyclic) bond motifs is 2. The zero-order valence-corrected chi connectivity index (χ0v) is 16.4. The van der Waals surface area contributed by atoms with Crippen molar-refractivity contribution < 1.29 is 4.92 Å². The smallest absolute Gasteiger partial charge is 0.267 e. The number of nitro groups is 1. The minimum Gasteiger partial charge on any atom is -0.267 e. The fourth-order valence-electron chi connectivity index (χ4n) is 3.90. The monoisotopic (exact) mass is 407 g/mol. The number of non-ortho nitro benzene ring substituents is 1. The quantitative estimate of drug-likeness (QED) is 0.309. The van der Waals surface area contributed by atoms with Crippen LogP contribution in [0.4, 0.5) is 5.69 Å². The molecule has 6 heteroatoms. The summed E-state index contributed by atoms with van der Waals surface area (Å²) in [4.78, 5) is 23.6. The van der Waals surface area contributed by atoms with Gasteiger partial charge in [-0.2, -0.15) is 9.78 Å². The van der Waals surface area contributed by atoms with E-state index in [-0.39, 0.29) is 11.2 Å². The molecule has 31 heavy (non-hydrogen) atoms. The maximum absolute atomic E-state index is 13.1. The lowest BCUT2D eigenvalue weighted by Gasteiger charge is -2.12. The summed E-state index contributed by atoms with van der Waals surface area (Å²) in [7, 11) is 0. The van der Waals surface area contributed by atoms with Gasteiger partial charge in [-0.05, 0) is 34.5 Å². The van der Waals surface area contributed by atoms with Crippen molar-refractivity contribution in [3.63, 3.8) is 0 Å². The molecule has 0 aliphatic rings. The molecule has 150 valence electrons. The fraction of sp³-hybridized carbons (Fsp3) is 0.0400. The number of benzene rings is 4. The molecule has 5 rings (SSSR count). The molecule has 0 amide bonds. The lowest BCUT2D eigenvalue weighted by Crippen LogP contribution is -2.23.